The van der Waals surface area contributed by atoms with Crippen LogP contribution < -0.4 is 11.5 Å². The van der Waals surface area contributed by atoms with Gasteiger partial charge in [-0.3, -0.25) is 9.59 Å². The molecule has 0 bridgehead atoms. The number of hydrogen-bond acceptors (Lipinski definition) is 3. The smallest absolute Gasteiger partial charge is 0.225 e. The molecule has 0 radical (unpaired) electrons. The molecule has 2 unspecified atom stereocenters. The SMILES string of the molecule is Cl.NC(=O)CC1CCN(C(=O)C2CCCC(N)C2)CC1. The van der Waals surface area contributed by atoms with E-state index >= 15 is 0 Å². The highest BCUT2D eigenvalue weighted by molar-refractivity contribution is 5.85. The molecule has 0 aromatic heterocycles. The largest absolute Gasteiger partial charge is 0.370 e. The van der Waals surface area contributed by atoms with Crippen molar-refractivity contribution in [3.63, 3.8) is 0 Å². The van der Waals surface area contributed by atoms with Crippen LogP contribution >= 0.6 is 12.4 Å². The Hall–Kier alpha value is -0.810. The standard InChI is InChI=1S/C14H25N3O2.ClH/c15-12-3-1-2-11(9-12)14(19)17-6-4-10(5-7-17)8-13(16)18;/h10-12H,1-9,15H2,(H2,16,18);1H. The van der Waals surface area contributed by atoms with E-state index in [-0.39, 0.29) is 36.2 Å². The van der Waals surface area contributed by atoms with Gasteiger partial charge in [-0.2, -0.15) is 0 Å². The van der Waals surface area contributed by atoms with E-state index in [2.05, 4.69) is 0 Å². The van der Waals surface area contributed by atoms with Crippen LogP contribution in [0.15, 0.2) is 0 Å². The number of amides is 2. The van der Waals surface area contributed by atoms with Crippen LogP contribution in [0.1, 0.15) is 44.9 Å². The second kappa shape index (κ2) is 7.84. The zero-order valence-electron chi connectivity index (χ0n) is 11.9. The molecule has 20 heavy (non-hydrogen) atoms. The molecular formula is C14H26ClN3O2. The molecule has 4 N–H and O–H groups in total. The van der Waals surface area contributed by atoms with Gasteiger partial charge in [0.2, 0.25) is 11.8 Å². The third-order valence-corrected chi connectivity index (χ3v) is 4.48. The summed E-state index contributed by atoms with van der Waals surface area (Å²) in [5, 5.41) is 0. The van der Waals surface area contributed by atoms with Gasteiger partial charge in [0.15, 0.2) is 0 Å². The van der Waals surface area contributed by atoms with Gasteiger partial charge in [0.25, 0.3) is 0 Å². The van der Waals surface area contributed by atoms with Crippen molar-refractivity contribution in [2.24, 2.45) is 23.3 Å². The number of primary amides is 1. The maximum absolute atomic E-state index is 12.4. The summed E-state index contributed by atoms with van der Waals surface area (Å²) in [7, 11) is 0. The van der Waals surface area contributed by atoms with Crippen LogP contribution in [0.5, 0.6) is 0 Å². The van der Waals surface area contributed by atoms with Gasteiger partial charge in [0.05, 0.1) is 0 Å². The van der Waals surface area contributed by atoms with Gasteiger partial charge in [0, 0.05) is 31.5 Å². The maximum Gasteiger partial charge on any atom is 0.225 e. The van der Waals surface area contributed by atoms with Gasteiger partial charge in [-0.25, -0.2) is 0 Å². The van der Waals surface area contributed by atoms with Crippen LogP contribution in [0.4, 0.5) is 0 Å². The van der Waals surface area contributed by atoms with Crippen LogP contribution in [-0.4, -0.2) is 35.8 Å². The lowest BCUT2D eigenvalue weighted by atomic mass is 9.84. The molecule has 2 rings (SSSR count). The Morgan fingerprint density at radius 3 is 2.30 bits per heavy atom. The van der Waals surface area contributed by atoms with Crippen molar-refractivity contribution in [3.8, 4) is 0 Å². The number of hydrogen-bond donors (Lipinski definition) is 2. The minimum atomic E-state index is -0.233. The summed E-state index contributed by atoms with van der Waals surface area (Å²) in [6.07, 6.45) is 6.17. The molecule has 2 fully saturated rings. The number of piperidine rings is 1. The lowest BCUT2D eigenvalue weighted by Gasteiger charge is -2.35. The second-order valence-corrected chi connectivity index (χ2v) is 6.06. The van der Waals surface area contributed by atoms with E-state index < -0.39 is 0 Å². The van der Waals surface area contributed by atoms with Crippen molar-refractivity contribution >= 4 is 24.2 Å². The van der Waals surface area contributed by atoms with Gasteiger partial charge in [-0.15, -0.1) is 12.4 Å². The number of halogens is 1. The monoisotopic (exact) mass is 303 g/mol. The Morgan fingerprint density at radius 2 is 1.75 bits per heavy atom. The van der Waals surface area contributed by atoms with E-state index in [1.807, 2.05) is 4.90 Å². The van der Waals surface area contributed by atoms with Crippen molar-refractivity contribution < 1.29 is 9.59 Å². The fourth-order valence-electron chi connectivity index (χ4n) is 3.35. The third kappa shape index (κ3) is 4.63. The quantitative estimate of drug-likeness (QED) is 0.816. The molecule has 1 saturated heterocycles. The molecule has 1 saturated carbocycles. The normalized spacial score (nSPS) is 27.8. The minimum Gasteiger partial charge on any atom is -0.370 e. The van der Waals surface area contributed by atoms with Crippen molar-refractivity contribution in [3.05, 3.63) is 0 Å². The van der Waals surface area contributed by atoms with Crippen LogP contribution in [0.25, 0.3) is 0 Å². The molecular weight excluding hydrogens is 278 g/mol. The zero-order chi connectivity index (χ0) is 13.8. The van der Waals surface area contributed by atoms with E-state index in [9.17, 15) is 9.59 Å². The minimum absolute atomic E-state index is 0. The molecule has 1 aliphatic heterocycles. The molecule has 2 atom stereocenters. The molecule has 1 aliphatic carbocycles. The molecule has 2 amide bonds. The average molecular weight is 304 g/mol. The fraction of sp³-hybridized carbons (Fsp3) is 0.857. The van der Waals surface area contributed by atoms with Crippen molar-refractivity contribution in [2.45, 2.75) is 51.0 Å². The highest BCUT2D eigenvalue weighted by atomic mass is 35.5. The van der Waals surface area contributed by atoms with E-state index in [1.165, 1.54) is 0 Å². The van der Waals surface area contributed by atoms with E-state index in [0.717, 1.165) is 51.6 Å². The van der Waals surface area contributed by atoms with Crippen molar-refractivity contribution in [1.29, 1.82) is 0 Å². The van der Waals surface area contributed by atoms with Crippen LogP contribution in [0, 0.1) is 11.8 Å². The van der Waals surface area contributed by atoms with E-state index in [0.29, 0.717) is 12.3 Å². The topological polar surface area (TPSA) is 89.4 Å². The van der Waals surface area contributed by atoms with Crippen LogP contribution in [0.2, 0.25) is 0 Å². The maximum atomic E-state index is 12.4. The predicted octanol–water partition coefficient (Wildman–Crippen LogP) is 1.04. The summed E-state index contributed by atoms with van der Waals surface area (Å²) < 4.78 is 0. The molecule has 6 heteroatoms. The molecule has 5 nitrogen and oxygen atoms in total. The molecule has 2 aliphatic rings. The highest BCUT2D eigenvalue weighted by Gasteiger charge is 2.31. The first-order valence-electron chi connectivity index (χ1n) is 7.39. The van der Waals surface area contributed by atoms with Crippen molar-refractivity contribution in [2.75, 3.05) is 13.1 Å². The molecule has 0 aromatic rings. The fourth-order valence-corrected chi connectivity index (χ4v) is 3.35. The van der Waals surface area contributed by atoms with Gasteiger partial charge in [-0.1, -0.05) is 6.42 Å². The van der Waals surface area contributed by atoms with Gasteiger partial charge in [-0.05, 0) is 38.0 Å². The number of nitrogens with two attached hydrogens (primary N) is 2. The Morgan fingerprint density at radius 1 is 1.10 bits per heavy atom. The summed E-state index contributed by atoms with van der Waals surface area (Å²) >= 11 is 0. The number of likely N-dealkylation sites (tertiary alicyclic amines) is 1. The van der Waals surface area contributed by atoms with Crippen molar-refractivity contribution in [1.82, 2.24) is 4.90 Å². The number of nitrogens with zero attached hydrogens (tertiary/aromatic N) is 1. The summed E-state index contributed by atoms with van der Waals surface area (Å²) in [4.78, 5) is 25.3. The summed E-state index contributed by atoms with van der Waals surface area (Å²) in [6.45, 7) is 1.53. The first-order valence-corrected chi connectivity index (χ1v) is 7.39. The van der Waals surface area contributed by atoms with Gasteiger partial charge < -0.3 is 16.4 Å². The Balaban J connectivity index is 0.00000200. The predicted molar refractivity (Wildman–Crippen MR) is 80.3 cm³/mol. The Bertz CT molecular complexity index is 343. The first-order chi connectivity index (χ1) is 9.06. The molecule has 0 aromatic carbocycles. The van der Waals surface area contributed by atoms with Gasteiger partial charge >= 0.3 is 0 Å². The first kappa shape index (κ1) is 17.2. The van der Waals surface area contributed by atoms with Crippen LogP contribution in [-0.2, 0) is 9.59 Å². The lowest BCUT2D eigenvalue weighted by Crippen LogP contribution is -2.44. The number of carbonyl (C=O) groups is 2. The number of rotatable bonds is 3. The second-order valence-electron chi connectivity index (χ2n) is 6.06. The summed E-state index contributed by atoms with van der Waals surface area (Å²) in [6, 6.07) is 0.190. The Labute approximate surface area is 126 Å². The average Bonchev–Trinajstić information content (AvgIpc) is 2.38. The van der Waals surface area contributed by atoms with Gasteiger partial charge in [0.1, 0.15) is 0 Å². The lowest BCUT2D eigenvalue weighted by molar-refractivity contribution is -0.138. The molecule has 116 valence electrons. The van der Waals surface area contributed by atoms with E-state index in [1.54, 1.807) is 0 Å². The third-order valence-electron chi connectivity index (χ3n) is 4.48. The van der Waals surface area contributed by atoms with Crippen LogP contribution in [0.3, 0.4) is 0 Å². The summed E-state index contributed by atoms with van der Waals surface area (Å²) in [5.74, 6) is 0.516. The molecule has 1 heterocycles. The van der Waals surface area contributed by atoms with E-state index in [4.69, 9.17) is 11.5 Å². The number of carbonyl (C=O) groups excluding carboxylic acids is 2. The highest BCUT2D eigenvalue weighted by Crippen LogP contribution is 2.27. The zero-order valence-corrected chi connectivity index (χ0v) is 12.7. The Kier molecular flexibility index (Phi) is 6.76. The summed E-state index contributed by atoms with van der Waals surface area (Å²) in [5.41, 5.74) is 11.2. The molecule has 0 spiro atoms.